The van der Waals surface area contributed by atoms with E-state index in [1.54, 1.807) is 24.3 Å². The second kappa shape index (κ2) is 8.04. The summed E-state index contributed by atoms with van der Waals surface area (Å²) in [5, 5.41) is 2.68. The number of nitrogens with zero attached hydrogens (tertiary/aromatic N) is 1. The molecule has 0 radical (unpaired) electrons. The summed E-state index contributed by atoms with van der Waals surface area (Å²) in [5.41, 5.74) is 1.03. The molecular formula is C15H20N2O4. The number of hydrogen-bond acceptors (Lipinski definition) is 4. The molecule has 1 aromatic rings. The number of hydrogen-bond donors (Lipinski definition) is 1. The topological polar surface area (TPSA) is 75.7 Å². The number of esters is 1. The molecule has 1 rings (SSSR count). The molecule has 0 bridgehead atoms. The van der Waals surface area contributed by atoms with Crippen LogP contribution in [0.1, 0.15) is 30.6 Å². The monoisotopic (exact) mass is 292 g/mol. The normalized spacial score (nSPS) is 9.86. The van der Waals surface area contributed by atoms with Gasteiger partial charge >= 0.3 is 12.0 Å². The van der Waals surface area contributed by atoms with Gasteiger partial charge < -0.3 is 15.0 Å². The highest BCUT2D eigenvalue weighted by Crippen LogP contribution is 2.12. The van der Waals surface area contributed by atoms with Crippen molar-refractivity contribution in [3.8, 4) is 0 Å². The minimum absolute atomic E-state index is 0.0777. The van der Waals surface area contributed by atoms with Crippen molar-refractivity contribution in [3.63, 3.8) is 0 Å². The van der Waals surface area contributed by atoms with Crippen LogP contribution in [0.5, 0.6) is 0 Å². The summed E-state index contributed by atoms with van der Waals surface area (Å²) in [5.74, 6) is -0.554. The Morgan fingerprint density at radius 1 is 1.29 bits per heavy atom. The molecule has 2 amide bonds. The number of benzene rings is 1. The van der Waals surface area contributed by atoms with Gasteiger partial charge in [0.1, 0.15) is 6.54 Å². The van der Waals surface area contributed by atoms with E-state index in [1.807, 2.05) is 6.92 Å². The molecule has 6 nitrogen and oxygen atoms in total. The van der Waals surface area contributed by atoms with E-state index >= 15 is 0 Å². The van der Waals surface area contributed by atoms with Crippen LogP contribution >= 0.6 is 0 Å². The summed E-state index contributed by atoms with van der Waals surface area (Å²) in [6, 6.07) is 6.25. The molecule has 0 unspecified atom stereocenters. The number of anilines is 1. The van der Waals surface area contributed by atoms with Gasteiger partial charge in [-0.15, -0.1) is 0 Å². The largest absolute Gasteiger partial charge is 0.468 e. The number of rotatable bonds is 6. The summed E-state index contributed by atoms with van der Waals surface area (Å²) in [6.45, 7) is 3.70. The molecule has 1 N–H and O–H groups in total. The molecule has 1 aromatic carbocycles. The minimum Gasteiger partial charge on any atom is -0.468 e. The van der Waals surface area contributed by atoms with E-state index in [0.29, 0.717) is 17.8 Å². The van der Waals surface area contributed by atoms with Crippen molar-refractivity contribution >= 4 is 23.5 Å². The number of carbonyl (C=O) groups is 3. The first-order chi connectivity index (χ1) is 9.97. The highest BCUT2D eigenvalue weighted by atomic mass is 16.5. The smallest absolute Gasteiger partial charge is 0.325 e. The zero-order valence-electron chi connectivity index (χ0n) is 12.5. The predicted octanol–water partition coefficient (Wildman–Crippen LogP) is 2.31. The number of urea groups is 1. The second-order valence-electron chi connectivity index (χ2n) is 4.56. The first-order valence-electron chi connectivity index (χ1n) is 6.71. The fraction of sp³-hybridized carbons (Fsp3) is 0.400. The van der Waals surface area contributed by atoms with Crippen LogP contribution in [0.2, 0.25) is 0 Å². The molecule has 0 spiro atoms. The number of amides is 2. The molecule has 114 valence electrons. The van der Waals surface area contributed by atoms with Crippen LogP contribution in [0, 0.1) is 0 Å². The predicted molar refractivity (Wildman–Crippen MR) is 79.3 cm³/mol. The Balaban J connectivity index is 2.78. The highest BCUT2D eigenvalue weighted by Gasteiger charge is 2.17. The maximum absolute atomic E-state index is 12.2. The number of Topliss-reactive ketones (excluding diaryl/α,β-unsaturated/α-hetero) is 1. The lowest BCUT2D eigenvalue weighted by atomic mass is 10.1. The summed E-state index contributed by atoms with van der Waals surface area (Å²) < 4.78 is 4.57. The average molecular weight is 292 g/mol. The Labute approximate surface area is 124 Å². The summed E-state index contributed by atoms with van der Waals surface area (Å²) in [6.07, 6.45) is 0.720. The lowest BCUT2D eigenvalue weighted by molar-refractivity contribution is -0.141. The van der Waals surface area contributed by atoms with Gasteiger partial charge in [-0.25, -0.2) is 4.79 Å². The Bertz CT molecular complexity index is 528. The van der Waals surface area contributed by atoms with Crippen molar-refractivity contribution in [1.29, 1.82) is 0 Å². The van der Waals surface area contributed by atoms with Gasteiger partial charge in [0, 0.05) is 17.8 Å². The number of methoxy groups -OCH3 is 1. The van der Waals surface area contributed by atoms with Crippen LogP contribution in [0.4, 0.5) is 10.5 Å². The van der Waals surface area contributed by atoms with Crippen LogP contribution in [-0.2, 0) is 9.53 Å². The van der Waals surface area contributed by atoms with Crippen molar-refractivity contribution in [2.45, 2.75) is 20.3 Å². The van der Waals surface area contributed by atoms with E-state index < -0.39 is 12.0 Å². The molecule has 0 aromatic heterocycles. The molecule has 0 heterocycles. The van der Waals surface area contributed by atoms with Crippen LogP contribution in [0.25, 0.3) is 0 Å². The van der Waals surface area contributed by atoms with Gasteiger partial charge in [-0.3, -0.25) is 9.59 Å². The Morgan fingerprint density at radius 2 is 2.00 bits per heavy atom. The maximum atomic E-state index is 12.2. The average Bonchev–Trinajstić information content (AvgIpc) is 2.46. The van der Waals surface area contributed by atoms with E-state index in [-0.39, 0.29) is 12.3 Å². The standard InChI is InChI=1S/C15H20N2O4/c1-4-8-17(10-14(19)21-3)15(20)16-13-7-5-6-12(9-13)11(2)18/h5-7,9H,4,8,10H2,1-3H3,(H,16,20). The lowest BCUT2D eigenvalue weighted by Crippen LogP contribution is -2.39. The quantitative estimate of drug-likeness (QED) is 0.645. The molecule has 0 atom stereocenters. The second-order valence-corrected chi connectivity index (χ2v) is 4.56. The van der Waals surface area contributed by atoms with E-state index in [0.717, 1.165) is 6.42 Å². The fourth-order valence-corrected chi connectivity index (χ4v) is 1.76. The molecular weight excluding hydrogens is 272 g/mol. The number of carbonyl (C=O) groups excluding carboxylic acids is 3. The zero-order valence-corrected chi connectivity index (χ0v) is 12.5. The van der Waals surface area contributed by atoms with Gasteiger partial charge in [0.25, 0.3) is 0 Å². The third-order valence-corrected chi connectivity index (χ3v) is 2.85. The van der Waals surface area contributed by atoms with Crippen molar-refractivity contribution in [2.24, 2.45) is 0 Å². The molecule has 0 saturated heterocycles. The molecule has 0 aliphatic heterocycles. The summed E-state index contributed by atoms with van der Waals surface area (Å²) >= 11 is 0. The van der Waals surface area contributed by atoms with Gasteiger partial charge in [0.15, 0.2) is 5.78 Å². The summed E-state index contributed by atoms with van der Waals surface area (Å²) in [4.78, 5) is 36.2. The van der Waals surface area contributed by atoms with E-state index in [9.17, 15) is 14.4 Å². The van der Waals surface area contributed by atoms with Gasteiger partial charge in [-0.2, -0.15) is 0 Å². The Morgan fingerprint density at radius 3 is 2.57 bits per heavy atom. The Hall–Kier alpha value is -2.37. The fourth-order valence-electron chi connectivity index (χ4n) is 1.76. The maximum Gasteiger partial charge on any atom is 0.325 e. The van der Waals surface area contributed by atoms with E-state index in [4.69, 9.17) is 0 Å². The van der Waals surface area contributed by atoms with Gasteiger partial charge in [-0.05, 0) is 25.5 Å². The first-order valence-corrected chi connectivity index (χ1v) is 6.71. The van der Waals surface area contributed by atoms with Crippen LogP contribution < -0.4 is 5.32 Å². The van der Waals surface area contributed by atoms with E-state index in [2.05, 4.69) is 10.1 Å². The van der Waals surface area contributed by atoms with Crippen molar-refractivity contribution in [1.82, 2.24) is 4.90 Å². The SMILES string of the molecule is CCCN(CC(=O)OC)C(=O)Nc1cccc(C(C)=O)c1. The van der Waals surface area contributed by atoms with Gasteiger partial charge in [0.2, 0.25) is 0 Å². The molecule has 0 saturated carbocycles. The molecule has 6 heteroatoms. The molecule has 0 aliphatic carbocycles. The Kier molecular flexibility index (Phi) is 6.39. The zero-order chi connectivity index (χ0) is 15.8. The molecule has 21 heavy (non-hydrogen) atoms. The van der Waals surface area contributed by atoms with E-state index in [1.165, 1.54) is 18.9 Å². The first kappa shape index (κ1) is 16.7. The molecule has 0 fully saturated rings. The van der Waals surface area contributed by atoms with Crippen molar-refractivity contribution < 1.29 is 19.1 Å². The van der Waals surface area contributed by atoms with Gasteiger partial charge in [-0.1, -0.05) is 19.1 Å². The van der Waals surface area contributed by atoms with Crippen LogP contribution in [0.15, 0.2) is 24.3 Å². The number of nitrogens with one attached hydrogen (secondary N) is 1. The van der Waals surface area contributed by atoms with Crippen molar-refractivity contribution in [2.75, 3.05) is 25.5 Å². The summed E-state index contributed by atoms with van der Waals surface area (Å²) in [7, 11) is 1.28. The lowest BCUT2D eigenvalue weighted by Gasteiger charge is -2.21. The third kappa shape index (κ3) is 5.25. The third-order valence-electron chi connectivity index (χ3n) is 2.85. The van der Waals surface area contributed by atoms with Crippen LogP contribution in [-0.4, -0.2) is 42.9 Å². The van der Waals surface area contributed by atoms with Crippen molar-refractivity contribution in [3.05, 3.63) is 29.8 Å². The van der Waals surface area contributed by atoms with Gasteiger partial charge in [0.05, 0.1) is 7.11 Å². The highest BCUT2D eigenvalue weighted by molar-refractivity contribution is 5.97. The van der Waals surface area contributed by atoms with Crippen LogP contribution in [0.3, 0.4) is 0 Å². The number of ketones is 1. The minimum atomic E-state index is -0.476. The number of ether oxygens (including phenoxy) is 1. The molecule has 0 aliphatic rings.